The van der Waals surface area contributed by atoms with Crippen LogP contribution in [0, 0.1) is 6.92 Å². The molecule has 0 heterocycles. The van der Waals surface area contributed by atoms with Gasteiger partial charge in [-0.15, -0.1) is 0 Å². The average molecular weight is 363 g/mol. The van der Waals surface area contributed by atoms with E-state index in [2.05, 4.69) is 5.32 Å². The van der Waals surface area contributed by atoms with Crippen LogP contribution < -0.4 is 10.1 Å². The molecular weight excluding hydrogens is 342 g/mol. The van der Waals surface area contributed by atoms with Crippen molar-refractivity contribution in [3.8, 4) is 5.75 Å². The van der Waals surface area contributed by atoms with Crippen molar-refractivity contribution in [2.24, 2.45) is 0 Å². The first-order valence-corrected chi connectivity index (χ1v) is 9.59. The second-order valence-corrected chi connectivity index (χ2v) is 7.92. The van der Waals surface area contributed by atoms with Crippen LogP contribution in [0.5, 0.6) is 5.75 Å². The van der Waals surface area contributed by atoms with E-state index in [0.29, 0.717) is 11.3 Å². The van der Waals surface area contributed by atoms with Crippen molar-refractivity contribution in [3.63, 3.8) is 0 Å². The van der Waals surface area contributed by atoms with Gasteiger partial charge in [-0.1, -0.05) is 42.5 Å². The van der Waals surface area contributed by atoms with Gasteiger partial charge in [0.1, 0.15) is 12.4 Å². The minimum Gasteiger partial charge on any atom is -0.491 e. The molecule has 0 aliphatic heterocycles. The Balaban J connectivity index is 2.02. The van der Waals surface area contributed by atoms with Gasteiger partial charge in [0.15, 0.2) is 9.84 Å². The molecule has 134 valence electrons. The molecule has 0 aliphatic carbocycles. The maximum Gasteiger partial charge on any atom is 0.405 e. The van der Waals surface area contributed by atoms with E-state index in [-0.39, 0.29) is 18.1 Å². The summed E-state index contributed by atoms with van der Waals surface area (Å²) in [6, 6.07) is 15.2. The van der Waals surface area contributed by atoms with Gasteiger partial charge in [-0.2, -0.15) is 0 Å². The number of ether oxygens (including phenoxy) is 1. The average Bonchev–Trinajstić information content (AvgIpc) is 2.52. The smallest absolute Gasteiger partial charge is 0.405 e. The summed E-state index contributed by atoms with van der Waals surface area (Å²) < 4.78 is 30.3. The molecule has 2 rings (SSSR count). The van der Waals surface area contributed by atoms with Crippen LogP contribution in [0.15, 0.2) is 54.6 Å². The largest absolute Gasteiger partial charge is 0.491 e. The van der Waals surface area contributed by atoms with Crippen molar-refractivity contribution in [1.29, 1.82) is 0 Å². The van der Waals surface area contributed by atoms with Crippen LogP contribution in [0.4, 0.5) is 4.79 Å². The molecule has 1 unspecified atom stereocenters. The number of carbonyl (C=O) groups is 1. The molecule has 7 heteroatoms. The lowest BCUT2D eigenvalue weighted by atomic mass is 10.2. The fraction of sp³-hybridized carbons (Fsp3) is 0.278. The highest BCUT2D eigenvalue weighted by Gasteiger charge is 2.22. The molecule has 1 atom stereocenters. The molecule has 0 fully saturated rings. The zero-order valence-corrected chi connectivity index (χ0v) is 14.7. The van der Waals surface area contributed by atoms with Crippen LogP contribution in [0.3, 0.4) is 0 Å². The van der Waals surface area contributed by atoms with Crippen LogP contribution in [-0.2, 0) is 15.6 Å². The Hall–Kier alpha value is -2.54. The fourth-order valence-corrected chi connectivity index (χ4v) is 4.01. The predicted octanol–water partition coefficient (Wildman–Crippen LogP) is 2.63. The molecule has 25 heavy (non-hydrogen) atoms. The van der Waals surface area contributed by atoms with E-state index in [1.807, 2.05) is 19.1 Å². The van der Waals surface area contributed by atoms with Gasteiger partial charge >= 0.3 is 6.09 Å². The highest BCUT2D eigenvalue weighted by atomic mass is 32.2. The van der Waals surface area contributed by atoms with E-state index in [1.54, 1.807) is 42.5 Å². The number of benzene rings is 2. The molecule has 0 aromatic heterocycles. The Morgan fingerprint density at radius 3 is 2.52 bits per heavy atom. The summed E-state index contributed by atoms with van der Waals surface area (Å²) in [5, 5.41) is 11.2. The van der Waals surface area contributed by atoms with Gasteiger partial charge in [-0.25, -0.2) is 13.2 Å². The molecule has 2 aromatic carbocycles. The second kappa shape index (κ2) is 8.53. The third-order valence-electron chi connectivity index (χ3n) is 3.45. The molecule has 0 aliphatic rings. The number of hydrogen-bond donors (Lipinski definition) is 2. The van der Waals surface area contributed by atoms with Gasteiger partial charge in [-0.3, -0.25) is 0 Å². The highest BCUT2D eigenvalue weighted by molar-refractivity contribution is 7.90. The van der Waals surface area contributed by atoms with Gasteiger partial charge in [0, 0.05) is 0 Å². The Bertz CT molecular complexity index is 805. The normalized spacial score (nSPS) is 12.4. The number of nitrogens with one attached hydrogen (secondary N) is 1. The molecule has 0 saturated carbocycles. The number of amides is 1. The molecule has 2 aromatic rings. The summed E-state index contributed by atoms with van der Waals surface area (Å²) in [6.45, 7) is 1.84. The van der Waals surface area contributed by atoms with Gasteiger partial charge < -0.3 is 15.2 Å². The van der Waals surface area contributed by atoms with Gasteiger partial charge in [0.2, 0.25) is 0 Å². The van der Waals surface area contributed by atoms with Crippen molar-refractivity contribution in [2.45, 2.75) is 18.7 Å². The van der Waals surface area contributed by atoms with E-state index in [4.69, 9.17) is 9.84 Å². The third kappa shape index (κ3) is 6.84. The fourth-order valence-electron chi connectivity index (χ4n) is 2.40. The molecule has 0 radical (unpaired) electrons. The van der Waals surface area contributed by atoms with Gasteiger partial charge in [-0.05, 0) is 30.2 Å². The molecule has 0 spiro atoms. The molecule has 6 nitrogen and oxygen atoms in total. The summed E-state index contributed by atoms with van der Waals surface area (Å²) >= 11 is 0. The van der Waals surface area contributed by atoms with Gasteiger partial charge in [0.25, 0.3) is 0 Å². The second-order valence-electron chi connectivity index (χ2n) is 5.81. The Kier molecular flexibility index (Phi) is 6.41. The standard InChI is InChI=1S/C18H21NO5S/c1-14-6-5-9-17(10-14)24-11-16(19-18(20)21)13-25(22,23)12-15-7-3-2-4-8-15/h2-10,16,19H,11-13H2,1H3,(H,20,21). The van der Waals surface area contributed by atoms with Crippen LogP contribution in [0.25, 0.3) is 0 Å². The molecule has 1 amide bonds. The monoisotopic (exact) mass is 363 g/mol. The Labute approximate surface area is 147 Å². The minimum absolute atomic E-state index is 0.0657. The quantitative estimate of drug-likeness (QED) is 0.752. The maximum absolute atomic E-state index is 12.4. The first-order valence-electron chi connectivity index (χ1n) is 7.77. The number of hydrogen-bond acceptors (Lipinski definition) is 4. The Morgan fingerprint density at radius 1 is 1.16 bits per heavy atom. The van der Waals surface area contributed by atoms with Crippen molar-refractivity contribution < 1.29 is 23.1 Å². The zero-order chi connectivity index (χ0) is 18.3. The van der Waals surface area contributed by atoms with Crippen molar-refractivity contribution >= 4 is 15.9 Å². The molecule has 0 bridgehead atoms. The SMILES string of the molecule is Cc1cccc(OCC(CS(=O)(=O)Cc2ccccc2)NC(=O)O)c1. The maximum atomic E-state index is 12.4. The van der Waals surface area contributed by atoms with Crippen molar-refractivity contribution in [1.82, 2.24) is 5.32 Å². The van der Waals surface area contributed by atoms with Crippen molar-refractivity contribution in [3.05, 3.63) is 65.7 Å². The topological polar surface area (TPSA) is 92.7 Å². The first-order chi connectivity index (χ1) is 11.8. The molecule has 0 saturated heterocycles. The van der Waals surface area contributed by atoms with E-state index >= 15 is 0 Å². The summed E-state index contributed by atoms with van der Waals surface area (Å²) in [4.78, 5) is 11.0. The lowest BCUT2D eigenvalue weighted by Crippen LogP contribution is -2.43. The summed E-state index contributed by atoms with van der Waals surface area (Å²) in [5.41, 5.74) is 1.66. The van der Waals surface area contributed by atoms with Crippen LogP contribution >= 0.6 is 0 Å². The molecular formula is C18H21NO5S. The number of aryl methyl sites for hydroxylation is 1. The highest BCUT2D eigenvalue weighted by Crippen LogP contribution is 2.13. The summed E-state index contributed by atoms with van der Waals surface area (Å²) in [7, 11) is -3.50. The summed E-state index contributed by atoms with van der Waals surface area (Å²) in [6.07, 6.45) is -1.28. The lowest BCUT2D eigenvalue weighted by Gasteiger charge is -2.18. The van der Waals surface area contributed by atoms with E-state index in [9.17, 15) is 13.2 Å². The third-order valence-corrected chi connectivity index (χ3v) is 5.14. The van der Waals surface area contributed by atoms with Crippen LogP contribution in [-0.4, -0.2) is 38.0 Å². The Morgan fingerprint density at radius 2 is 1.88 bits per heavy atom. The minimum atomic E-state index is -3.50. The summed E-state index contributed by atoms with van der Waals surface area (Å²) in [5.74, 6) is 0.0912. The number of carboxylic acid groups (broad SMARTS) is 1. The van der Waals surface area contributed by atoms with Crippen molar-refractivity contribution in [2.75, 3.05) is 12.4 Å². The van der Waals surface area contributed by atoms with Crippen LogP contribution in [0.1, 0.15) is 11.1 Å². The first kappa shape index (κ1) is 18.8. The van der Waals surface area contributed by atoms with E-state index < -0.39 is 22.0 Å². The van der Waals surface area contributed by atoms with E-state index in [0.717, 1.165) is 5.56 Å². The number of rotatable bonds is 8. The molecule has 2 N–H and O–H groups in total. The van der Waals surface area contributed by atoms with E-state index in [1.165, 1.54) is 0 Å². The van der Waals surface area contributed by atoms with Gasteiger partial charge in [0.05, 0.1) is 17.5 Å². The van der Waals surface area contributed by atoms with Crippen LogP contribution in [0.2, 0.25) is 0 Å². The predicted molar refractivity (Wildman–Crippen MR) is 95.6 cm³/mol. The lowest BCUT2D eigenvalue weighted by molar-refractivity contribution is 0.183. The number of sulfone groups is 1. The zero-order valence-electron chi connectivity index (χ0n) is 13.9.